The summed E-state index contributed by atoms with van der Waals surface area (Å²) >= 11 is 0. The molecule has 1 unspecified atom stereocenters. The van der Waals surface area contributed by atoms with Gasteiger partial charge in [-0.3, -0.25) is 4.90 Å². The van der Waals surface area contributed by atoms with Gasteiger partial charge in [0.2, 0.25) is 0 Å². The third kappa shape index (κ3) is 4.17. The van der Waals surface area contributed by atoms with Crippen molar-refractivity contribution in [2.45, 2.75) is 38.6 Å². The molecule has 0 radical (unpaired) electrons. The SMILES string of the molecule is CCN1CCCC1CN(C)CC1(COC)CCNCC1. The first kappa shape index (κ1) is 16.2. The van der Waals surface area contributed by atoms with E-state index < -0.39 is 0 Å². The number of hydrogen-bond donors (Lipinski definition) is 1. The lowest BCUT2D eigenvalue weighted by Gasteiger charge is -2.41. The second-order valence-electron chi connectivity index (χ2n) is 6.80. The van der Waals surface area contributed by atoms with Crippen molar-refractivity contribution in [3.8, 4) is 0 Å². The molecule has 0 aromatic rings. The fraction of sp³-hybridized carbons (Fsp3) is 1.00. The van der Waals surface area contributed by atoms with Gasteiger partial charge in [0.05, 0.1) is 6.61 Å². The van der Waals surface area contributed by atoms with Gasteiger partial charge in [-0.1, -0.05) is 6.92 Å². The number of ether oxygens (including phenoxy) is 1. The van der Waals surface area contributed by atoms with Gasteiger partial charge in [0.15, 0.2) is 0 Å². The lowest BCUT2D eigenvalue weighted by molar-refractivity contribution is 0.0237. The molecule has 2 aliphatic heterocycles. The maximum atomic E-state index is 5.53. The van der Waals surface area contributed by atoms with E-state index in [4.69, 9.17) is 4.74 Å². The molecule has 0 aromatic carbocycles. The van der Waals surface area contributed by atoms with Crippen LogP contribution in [-0.4, -0.2) is 75.9 Å². The minimum absolute atomic E-state index is 0.365. The number of nitrogens with zero attached hydrogens (tertiary/aromatic N) is 2. The van der Waals surface area contributed by atoms with Gasteiger partial charge in [0.1, 0.15) is 0 Å². The summed E-state index contributed by atoms with van der Waals surface area (Å²) in [5, 5.41) is 3.48. The highest BCUT2D eigenvalue weighted by molar-refractivity contribution is 4.89. The first-order valence-corrected chi connectivity index (χ1v) is 8.31. The van der Waals surface area contributed by atoms with Crippen LogP contribution in [0.15, 0.2) is 0 Å². The number of methoxy groups -OCH3 is 1. The normalized spacial score (nSPS) is 27.3. The summed E-state index contributed by atoms with van der Waals surface area (Å²) in [4.78, 5) is 5.20. The van der Waals surface area contributed by atoms with Crippen molar-refractivity contribution in [2.24, 2.45) is 5.41 Å². The number of piperidine rings is 1. The first-order chi connectivity index (χ1) is 9.69. The van der Waals surface area contributed by atoms with Crippen molar-refractivity contribution in [2.75, 3.05) is 60.0 Å². The molecular weight excluding hydrogens is 250 g/mol. The van der Waals surface area contributed by atoms with E-state index in [1.165, 1.54) is 51.9 Å². The lowest BCUT2D eigenvalue weighted by Crippen LogP contribution is -2.48. The molecule has 2 fully saturated rings. The molecule has 2 heterocycles. The second-order valence-corrected chi connectivity index (χ2v) is 6.80. The molecule has 4 nitrogen and oxygen atoms in total. The van der Waals surface area contributed by atoms with Crippen LogP contribution in [0.1, 0.15) is 32.6 Å². The van der Waals surface area contributed by atoms with Crippen LogP contribution in [0.4, 0.5) is 0 Å². The standard InChI is InChI=1S/C16H33N3O/c1-4-19-11-5-6-15(19)12-18(2)13-16(14-20-3)7-9-17-10-8-16/h15,17H,4-14H2,1-3H3. The lowest BCUT2D eigenvalue weighted by atomic mass is 9.79. The summed E-state index contributed by atoms with van der Waals surface area (Å²) < 4.78 is 5.53. The fourth-order valence-electron chi connectivity index (χ4n) is 4.13. The maximum absolute atomic E-state index is 5.53. The van der Waals surface area contributed by atoms with Gasteiger partial charge in [0, 0.05) is 31.7 Å². The highest BCUT2D eigenvalue weighted by atomic mass is 16.5. The summed E-state index contributed by atoms with van der Waals surface area (Å²) in [5.41, 5.74) is 0.365. The van der Waals surface area contributed by atoms with Crippen LogP contribution in [0.25, 0.3) is 0 Å². The molecular formula is C16H33N3O. The van der Waals surface area contributed by atoms with Crippen LogP contribution in [-0.2, 0) is 4.74 Å². The molecule has 1 atom stereocenters. The third-order valence-electron chi connectivity index (χ3n) is 5.15. The highest BCUT2D eigenvalue weighted by Gasteiger charge is 2.34. The van der Waals surface area contributed by atoms with Crippen molar-refractivity contribution >= 4 is 0 Å². The number of nitrogens with one attached hydrogen (secondary N) is 1. The largest absolute Gasteiger partial charge is 0.384 e. The molecule has 118 valence electrons. The quantitative estimate of drug-likeness (QED) is 0.765. The molecule has 4 heteroatoms. The second kappa shape index (κ2) is 7.74. The molecule has 0 aromatic heterocycles. The van der Waals surface area contributed by atoms with Gasteiger partial charge in [-0.15, -0.1) is 0 Å². The Balaban J connectivity index is 1.86. The van der Waals surface area contributed by atoms with Crippen molar-refractivity contribution in [1.29, 1.82) is 0 Å². The fourth-order valence-corrected chi connectivity index (χ4v) is 4.13. The van der Waals surface area contributed by atoms with E-state index in [1.807, 2.05) is 7.11 Å². The Bertz CT molecular complexity index is 273. The first-order valence-electron chi connectivity index (χ1n) is 8.31. The number of likely N-dealkylation sites (tertiary alicyclic amines) is 1. The zero-order valence-electron chi connectivity index (χ0n) is 13.7. The Labute approximate surface area is 124 Å². The third-order valence-corrected chi connectivity index (χ3v) is 5.15. The summed E-state index contributed by atoms with van der Waals surface area (Å²) in [6.45, 7) is 10.4. The zero-order valence-corrected chi connectivity index (χ0v) is 13.7. The van der Waals surface area contributed by atoms with E-state index in [1.54, 1.807) is 0 Å². The van der Waals surface area contributed by atoms with Crippen LogP contribution in [0, 0.1) is 5.41 Å². The van der Waals surface area contributed by atoms with E-state index >= 15 is 0 Å². The maximum Gasteiger partial charge on any atom is 0.0531 e. The summed E-state index contributed by atoms with van der Waals surface area (Å²) in [7, 11) is 4.14. The van der Waals surface area contributed by atoms with Gasteiger partial charge in [-0.25, -0.2) is 0 Å². The Morgan fingerprint density at radius 3 is 2.75 bits per heavy atom. The number of hydrogen-bond acceptors (Lipinski definition) is 4. The van der Waals surface area contributed by atoms with E-state index in [-0.39, 0.29) is 0 Å². The Kier molecular flexibility index (Phi) is 6.27. The van der Waals surface area contributed by atoms with Crippen molar-refractivity contribution in [3.63, 3.8) is 0 Å². The highest BCUT2D eigenvalue weighted by Crippen LogP contribution is 2.30. The Morgan fingerprint density at radius 2 is 2.10 bits per heavy atom. The molecule has 2 saturated heterocycles. The molecule has 1 N–H and O–H groups in total. The average Bonchev–Trinajstić information content (AvgIpc) is 2.86. The van der Waals surface area contributed by atoms with E-state index in [0.29, 0.717) is 5.41 Å². The predicted molar refractivity (Wildman–Crippen MR) is 84.2 cm³/mol. The summed E-state index contributed by atoms with van der Waals surface area (Å²) in [6, 6.07) is 0.770. The molecule has 0 amide bonds. The monoisotopic (exact) mass is 283 g/mol. The Hall–Kier alpha value is -0.160. The molecule has 0 spiro atoms. The summed E-state index contributed by atoms with van der Waals surface area (Å²) in [5.74, 6) is 0. The smallest absolute Gasteiger partial charge is 0.0531 e. The number of likely N-dealkylation sites (N-methyl/N-ethyl adjacent to an activating group) is 2. The molecule has 0 bridgehead atoms. The molecule has 2 aliphatic rings. The van der Waals surface area contributed by atoms with Crippen LogP contribution < -0.4 is 5.32 Å². The molecule has 20 heavy (non-hydrogen) atoms. The van der Waals surface area contributed by atoms with Crippen LogP contribution in [0.2, 0.25) is 0 Å². The van der Waals surface area contributed by atoms with E-state index in [2.05, 4.69) is 29.1 Å². The minimum atomic E-state index is 0.365. The molecule has 0 aliphatic carbocycles. The average molecular weight is 283 g/mol. The number of rotatable bonds is 7. The Morgan fingerprint density at radius 1 is 1.35 bits per heavy atom. The van der Waals surface area contributed by atoms with Gasteiger partial charge < -0.3 is 15.0 Å². The molecule has 0 saturated carbocycles. The van der Waals surface area contributed by atoms with Crippen LogP contribution >= 0.6 is 0 Å². The topological polar surface area (TPSA) is 27.7 Å². The van der Waals surface area contributed by atoms with Crippen molar-refractivity contribution in [3.05, 3.63) is 0 Å². The van der Waals surface area contributed by atoms with Crippen LogP contribution in [0.5, 0.6) is 0 Å². The zero-order chi connectivity index (χ0) is 14.4. The summed E-state index contributed by atoms with van der Waals surface area (Å²) in [6.07, 6.45) is 5.23. The minimum Gasteiger partial charge on any atom is -0.384 e. The van der Waals surface area contributed by atoms with Gasteiger partial charge in [0.25, 0.3) is 0 Å². The predicted octanol–water partition coefficient (Wildman–Crippen LogP) is 1.42. The van der Waals surface area contributed by atoms with Gasteiger partial charge in [-0.05, 0) is 58.9 Å². The van der Waals surface area contributed by atoms with E-state index in [9.17, 15) is 0 Å². The molecule has 2 rings (SSSR count). The van der Waals surface area contributed by atoms with E-state index in [0.717, 1.165) is 25.7 Å². The van der Waals surface area contributed by atoms with Crippen molar-refractivity contribution in [1.82, 2.24) is 15.1 Å². The van der Waals surface area contributed by atoms with Gasteiger partial charge in [-0.2, -0.15) is 0 Å². The van der Waals surface area contributed by atoms with Gasteiger partial charge >= 0.3 is 0 Å². The van der Waals surface area contributed by atoms with Crippen molar-refractivity contribution < 1.29 is 4.74 Å². The van der Waals surface area contributed by atoms with Crippen LogP contribution in [0.3, 0.4) is 0 Å².